The van der Waals surface area contributed by atoms with Crippen molar-refractivity contribution >= 4 is 21.6 Å². The SMILES string of the molecule is O=C(Nc1ccccc1)c1cccc(S(=O)(=O)N2CCN(C34CC5CC(CC(C5)C3)C4)CC2)c1. The van der Waals surface area contributed by atoms with E-state index in [1.165, 1.54) is 44.6 Å². The van der Waals surface area contributed by atoms with Gasteiger partial charge >= 0.3 is 0 Å². The topological polar surface area (TPSA) is 69.7 Å². The van der Waals surface area contributed by atoms with E-state index < -0.39 is 10.0 Å². The minimum atomic E-state index is -3.64. The predicted molar refractivity (Wildman–Crippen MR) is 132 cm³/mol. The van der Waals surface area contributed by atoms with E-state index in [0.29, 0.717) is 29.9 Å². The molecular formula is C27H33N3O3S. The zero-order chi connectivity index (χ0) is 23.3. The number of nitrogens with zero attached hydrogens (tertiary/aromatic N) is 2. The molecule has 0 unspecified atom stereocenters. The molecule has 0 spiro atoms. The number of hydrogen-bond donors (Lipinski definition) is 1. The summed E-state index contributed by atoms with van der Waals surface area (Å²) in [6.07, 6.45) is 8.18. The van der Waals surface area contributed by atoms with E-state index in [-0.39, 0.29) is 10.8 Å². The van der Waals surface area contributed by atoms with Gasteiger partial charge in [0.1, 0.15) is 0 Å². The maximum atomic E-state index is 13.5. The van der Waals surface area contributed by atoms with Gasteiger partial charge in [0, 0.05) is 43.0 Å². The third-order valence-electron chi connectivity index (χ3n) is 8.68. The van der Waals surface area contributed by atoms with Crippen LogP contribution in [0.1, 0.15) is 48.9 Å². The molecule has 1 aliphatic heterocycles. The highest BCUT2D eigenvalue weighted by Crippen LogP contribution is 2.57. The van der Waals surface area contributed by atoms with Crippen LogP contribution in [0.3, 0.4) is 0 Å². The summed E-state index contributed by atoms with van der Waals surface area (Å²) in [5.41, 5.74) is 1.35. The van der Waals surface area contributed by atoms with E-state index in [4.69, 9.17) is 0 Å². The van der Waals surface area contributed by atoms with Crippen molar-refractivity contribution in [3.8, 4) is 0 Å². The molecule has 4 bridgehead atoms. The number of benzene rings is 2. The molecule has 0 aromatic heterocycles. The molecule has 7 rings (SSSR count). The van der Waals surface area contributed by atoms with Crippen LogP contribution < -0.4 is 5.32 Å². The number of piperazine rings is 1. The summed E-state index contributed by atoms with van der Waals surface area (Å²) in [6.45, 7) is 2.65. The molecule has 2 aromatic rings. The van der Waals surface area contributed by atoms with E-state index >= 15 is 0 Å². The lowest BCUT2D eigenvalue weighted by Gasteiger charge is -2.61. The van der Waals surface area contributed by atoms with Crippen LogP contribution in [0, 0.1) is 17.8 Å². The Hall–Kier alpha value is -2.22. The van der Waals surface area contributed by atoms with Gasteiger partial charge in [-0.1, -0.05) is 24.3 Å². The second kappa shape index (κ2) is 8.47. The molecular weight excluding hydrogens is 446 g/mol. The van der Waals surface area contributed by atoms with Gasteiger partial charge < -0.3 is 5.32 Å². The Morgan fingerprint density at radius 1 is 0.824 bits per heavy atom. The van der Waals surface area contributed by atoms with E-state index in [1.54, 1.807) is 22.5 Å². The average Bonchev–Trinajstić information content (AvgIpc) is 2.84. The summed E-state index contributed by atoms with van der Waals surface area (Å²) >= 11 is 0. The van der Waals surface area contributed by atoms with Crippen LogP contribution in [0.5, 0.6) is 0 Å². The Kier molecular flexibility index (Phi) is 5.54. The summed E-state index contributed by atoms with van der Waals surface area (Å²) in [5.74, 6) is 2.35. The van der Waals surface area contributed by atoms with Crippen LogP contribution in [-0.4, -0.2) is 55.2 Å². The molecule has 6 nitrogen and oxygen atoms in total. The fourth-order valence-electron chi connectivity index (χ4n) is 7.53. The molecule has 5 aliphatic rings. The van der Waals surface area contributed by atoms with Crippen LogP contribution in [0.15, 0.2) is 59.5 Å². The Balaban J connectivity index is 1.14. The number of rotatable bonds is 5. The number of carbonyl (C=O) groups is 1. The molecule has 5 fully saturated rings. The largest absolute Gasteiger partial charge is 0.322 e. The number of carbonyl (C=O) groups excluding carboxylic acids is 1. The van der Waals surface area contributed by atoms with Gasteiger partial charge in [0.05, 0.1) is 4.90 Å². The van der Waals surface area contributed by atoms with Crippen LogP contribution in [0.4, 0.5) is 5.69 Å². The maximum absolute atomic E-state index is 13.5. The first-order valence-electron chi connectivity index (χ1n) is 12.6. The van der Waals surface area contributed by atoms with Gasteiger partial charge in [0.15, 0.2) is 0 Å². The highest BCUT2D eigenvalue weighted by Gasteiger charge is 2.54. The molecule has 1 heterocycles. The molecule has 4 aliphatic carbocycles. The van der Waals surface area contributed by atoms with Crippen molar-refractivity contribution in [1.29, 1.82) is 0 Å². The van der Waals surface area contributed by atoms with Crippen LogP contribution in [0.2, 0.25) is 0 Å². The first-order chi connectivity index (χ1) is 16.4. The van der Waals surface area contributed by atoms with Crippen LogP contribution in [0.25, 0.3) is 0 Å². The van der Waals surface area contributed by atoms with E-state index in [2.05, 4.69) is 10.2 Å². The highest BCUT2D eigenvalue weighted by atomic mass is 32.2. The lowest BCUT2D eigenvalue weighted by Crippen LogP contribution is -2.64. The van der Waals surface area contributed by atoms with Gasteiger partial charge in [-0.3, -0.25) is 9.69 Å². The monoisotopic (exact) mass is 479 g/mol. The summed E-state index contributed by atoms with van der Waals surface area (Å²) in [7, 11) is -3.64. The number of amides is 1. The van der Waals surface area contributed by atoms with Crippen molar-refractivity contribution < 1.29 is 13.2 Å². The van der Waals surface area contributed by atoms with Gasteiger partial charge in [-0.25, -0.2) is 8.42 Å². The van der Waals surface area contributed by atoms with Gasteiger partial charge in [-0.05, 0) is 86.6 Å². The molecule has 1 saturated heterocycles. The Morgan fingerprint density at radius 3 is 2.06 bits per heavy atom. The smallest absolute Gasteiger partial charge is 0.255 e. The zero-order valence-corrected chi connectivity index (χ0v) is 20.3. The predicted octanol–water partition coefficient (Wildman–Crippen LogP) is 4.21. The van der Waals surface area contributed by atoms with E-state index in [9.17, 15) is 13.2 Å². The first-order valence-corrected chi connectivity index (χ1v) is 14.1. The molecule has 7 heteroatoms. The summed E-state index contributed by atoms with van der Waals surface area (Å²) in [4.78, 5) is 15.5. The quantitative estimate of drug-likeness (QED) is 0.697. The normalized spacial score (nSPS) is 31.5. The minimum Gasteiger partial charge on any atom is -0.322 e. The van der Waals surface area contributed by atoms with Gasteiger partial charge in [-0.2, -0.15) is 4.31 Å². The summed E-state index contributed by atoms with van der Waals surface area (Å²) in [5, 5.41) is 2.83. The van der Waals surface area contributed by atoms with Crippen LogP contribution in [-0.2, 0) is 10.0 Å². The second-order valence-corrected chi connectivity index (χ2v) is 12.8. The third kappa shape index (κ3) is 3.97. The van der Waals surface area contributed by atoms with Gasteiger partial charge in [0.2, 0.25) is 10.0 Å². The summed E-state index contributed by atoms with van der Waals surface area (Å²) in [6, 6.07) is 15.6. The zero-order valence-electron chi connectivity index (χ0n) is 19.5. The summed E-state index contributed by atoms with van der Waals surface area (Å²) < 4.78 is 28.5. The number of para-hydroxylation sites is 1. The second-order valence-electron chi connectivity index (χ2n) is 10.9. The third-order valence-corrected chi connectivity index (χ3v) is 10.6. The fourth-order valence-corrected chi connectivity index (χ4v) is 9.00. The molecule has 34 heavy (non-hydrogen) atoms. The van der Waals surface area contributed by atoms with Gasteiger partial charge in [0.25, 0.3) is 5.91 Å². The molecule has 1 amide bonds. The van der Waals surface area contributed by atoms with Crippen molar-refractivity contribution in [2.24, 2.45) is 17.8 Å². The first kappa shape index (κ1) is 22.3. The number of sulfonamides is 1. The fraction of sp³-hybridized carbons (Fsp3) is 0.519. The average molecular weight is 480 g/mol. The van der Waals surface area contributed by atoms with Crippen molar-refractivity contribution in [2.75, 3.05) is 31.5 Å². The molecule has 180 valence electrons. The van der Waals surface area contributed by atoms with Crippen molar-refractivity contribution in [3.05, 3.63) is 60.2 Å². The van der Waals surface area contributed by atoms with Gasteiger partial charge in [-0.15, -0.1) is 0 Å². The molecule has 4 saturated carbocycles. The standard InChI is InChI=1S/C27H33N3O3S/c31-26(28-24-6-2-1-3-7-24)23-5-4-8-25(16-23)34(32,33)30-11-9-29(10-12-30)27-17-20-13-21(18-27)15-22(14-20)19-27/h1-8,16,20-22H,9-15,17-19H2,(H,28,31). The lowest BCUT2D eigenvalue weighted by molar-refractivity contribution is -0.0964. The van der Waals surface area contributed by atoms with Crippen molar-refractivity contribution in [3.63, 3.8) is 0 Å². The maximum Gasteiger partial charge on any atom is 0.255 e. The van der Waals surface area contributed by atoms with E-state index in [1.807, 2.05) is 30.3 Å². The molecule has 0 atom stereocenters. The minimum absolute atomic E-state index is 0.191. The Labute approximate surface area is 202 Å². The molecule has 0 radical (unpaired) electrons. The number of hydrogen-bond acceptors (Lipinski definition) is 4. The number of anilines is 1. The molecule has 1 N–H and O–H groups in total. The Morgan fingerprint density at radius 2 is 1.44 bits per heavy atom. The van der Waals surface area contributed by atoms with Crippen molar-refractivity contribution in [1.82, 2.24) is 9.21 Å². The molecule has 2 aromatic carbocycles. The van der Waals surface area contributed by atoms with Crippen molar-refractivity contribution in [2.45, 2.75) is 49.0 Å². The number of nitrogens with one attached hydrogen (secondary N) is 1. The lowest BCUT2D eigenvalue weighted by atomic mass is 9.52. The van der Waals surface area contributed by atoms with Crippen LogP contribution >= 0.6 is 0 Å². The van der Waals surface area contributed by atoms with E-state index in [0.717, 1.165) is 30.8 Å². The highest BCUT2D eigenvalue weighted by molar-refractivity contribution is 7.89. The Bertz CT molecular complexity index is 1140.